The molecule has 3 atom stereocenters. The van der Waals surface area contributed by atoms with Crippen LogP contribution in [0.4, 0.5) is 4.79 Å². The van der Waals surface area contributed by atoms with E-state index in [1.165, 1.54) is 25.2 Å². The number of carbonyl (C=O) groups is 2. The minimum absolute atomic E-state index is 0.266. The number of aromatic nitrogens is 3. The van der Waals surface area contributed by atoms with Crippen molar-refractivity contribution in [3.8, 4) is 17.1 Å². The van der Waals surface area contributed by atoms with Crippen molar-refractivity contribution < 1.29 is 14.3 Å². The lowest BCUT2D eigenvalue weighted by atomic mass is 9.85. The molecule has 162 valence electrons. The van der Waals surface area contributed by atoms with Crippen LogP contribution in [-0.4, -0.2) is 46.1 Å². The Morgan fingerprint density at radius 2 is 1.90 bits per heavy atom. The summed E-state index contributed by atoms with van der Waals surface area (Å²) in [6.45, 7) is 4.02. The Morgan fingerprint density at radius 3 is 2.53 bits per heavy atom. The fraction of sp³-hybridized carbons (Fsp3) is 0.524. The predicted octanol–water partition coefficient (Wildman–Crippen LogP) is 3.64. The molecule has 0 spiro atoms. The first-order chi connectivity index (χ1) is 14.4. The van der Waals surface area contributed by atoms with Crippen molar-refractivity contribution in [2.45, 2.75) is 56.0 Å². The molecule has 1 saturated carbocycles. The molecule has 1 heterocycles. The van der Waals surface area contributed by atoms with E-state index in [0.717, 1.165) is 36.4 Å². The van der Waals surface area contributed by atoms with E-state index < -0.39 is 11.3 Å². The molecule has 1 aliphatic rings. The molecule has 2 aromatic rings. The minimum atomic E-state index is -0.520. The Labute approximate surface area is 181 Å². The zero-order chi connectivity index (χ0) is 21.7. The van der Waals surface area contributed by atoms with Gasteiger partial charge in [0.15, 0.2) is 11.0 Å². The lowest BCUT2D eigenvalue weighted by molar-refractivity contribution is -0.119. The average Bonchev–Trinajstić information content (AvgIpc) is 3.17. The summed E-state index contributed by atoms with van der Waals surface area (Å²) in [6, 6.07) is 7.51. The number of urea groups is 1. The Balaban J connectivity index is 1.93. The number of benzene rings is 1. The third-order valence-electron chi connectivity index (χ3n) is 5.53. The first-order valence-corrected chi connectivity index (χ1v) is 11.1. The van der Waals surface area contributed by atoms with Crippen molar-refractivity contribution in [2.24, 2.45) is 5.92 Å². The van der Waals surface area contributed by atoms with E-state index in [9.17, 15) is 9.59 Å². The molecule has 3 rings (SSSR count). The van der Waals surface area contributed by atoms with E-state index >= 15 is 0 Å². The van der Waals surface area contributed by atoms with E-state index in [4.69, 9.17) is 4.74 Å². The van der Waals surface area contributed by atoms with Crippen LogP contribution in [0.3, 0.4) is 0 Å². The smallest absolute Gasteiger partial charge is 0.321 e. The van der Waals surface area contributed by atoms with Crippen LogP contribution < -0.4 is 15.4 Å². The van der Waals surface area contributed by atoms with Gasteiger partial charge < -0.3 is 10.1 Å². The largest absolute Gasteiger partial charge is 0.497 e. The van der Waals surface area contributed by atoms with E-state index in [2.05, 4.69) is 32.3 Å². The van der Waals surface area contributed by atoms with Crippen molar-refractivity contribution >= 4 is 23.7 Å². The SMILES string of the molecule is CNC(=O)NC(=O)[C@H](C)Sc1nnc(-c2ccc(OC)cc2)n1[C@H]1CCCC[C@@H]1C. The van der Waals surface area contributed by atoms with Crippen molar-refractivity contribution in [1.29, 1.82) is 0 Å². The van der Waals surface area contributed by atoms with E-state index in [1.54, 1.807) is 14.0 Å². The number of ether oxygens (including phenoxy) is 1. The van der Waals surface area contributed by atoms with Crippen molar-refractivity contribution in [3.05, 3.63) is 24.3 Å². The van der Waals surface area contributed by atoms with Gasteiger partial charge in [-0.25, -0.2) is 4.79 Å². The number of hydrogen-bond donors (Lipinski definition) is 2. The van der Waals surface area contributed by atoms with Gasteiger partial charge in [0, 0.05) is 18.7 Å². The summed E-state index contributed by atoms with van der Waals surface area (Å²) in [5.41, 5.74) is 0.954. The van der Waals surface area contributed by atoms with Gasteiger partial charge in [0.25, 0.3) is 0 Å². The first-order valence-electron chi connectivity index (χ1n) is 10.2. The normalized spacial score (nSPS) is 19.7. The maximum Gasteiger partial charge on any atom is 0.321 e. The van der Waals surface area contributed by atoms with Gasteiger partial charge >= 0.3 is 6.03 Å². The Morgan fingerprint density at radius 1 is 1.20 bits per heavy atom. The zero-order valence-corrected chi connectivity index (χ0v) is 18.7. The third kappa shape index (κ3) is 4.95. The third-order valence-corrected chi connectivity index (χ3v) is 6.58. The number of amides is 3. The molecule has 1 aromatic carbocycles. The molecule has 0 aliphatic heterocycles. The first kappa shape index (κ1) is 22.1. The maximum atomic E-state index is 12.4. The highest BCUT2D eigenvalue weighted by Gasteiger charge is 2.30. The average molecular weight is 432 g/mol. The van der Waals surface area contributed by atoms with Gasteiger partial charge in [-0.05, 0) is 49.9 Å². The summed E-state index contributed by atoms with van der Waals surface area (Å²) in [5.74, 6) is 1.69. The van der Waals surface area contributed by atoms with Crippen molar-refractivity contribution in [3.63, 3.8) is 0 Å². The summed E-state index contributed by atoms with van der Waals surface area (Å²) >= 11 is 1.32. The molecule has 2 N–H and O–H groups in total. The number of methoxy groups -OCH3 is 1. The summed E-state index contributed by atoms with van der Waals surface area (Å²) in [4.78, 5) is 23.8. The fourth-order valence-corrected chi connectivity index (χ4v) is 4.67. The highest BCUT2D eigenvalue weighted by atomic mass is 32.2. The van der Waals surface area contributed by atoms with Gasteiger partial charge in [0.2, 0.25) is 5.91 Å². The quantitative estimate of drug-likeness (QED) is 0.678. The molecule has 0 bridgehead atoms. The number of thioether (sulfide) groups is 1. The number of carbonyl (C=O) groups excluding carboxylic acids is 2. The van der Waals surface area contributed by atoms with Crippen LogP contribution in [0.2, 0.25) is 0 Å². The number of rotatable bonds is 6. The maximum absolute atomic E-state index is 12.4. The summed E-state index contributed by atoms with van der Waals surface area (Å²) in [7, 11) is 3.11. The molecular formula is C21H29N5O3S. The van der Waals surface area contributed by atoms with Crippen LogP contribution in [0.1, 0.15) is 45.6 Å². The Bertz CT molecular complexity index is 883. The highest BCUT2D eigenvalue weighted by molar-refractivity contribution is 8.00. The second kappa shape index (κ2) is 9.97. The monoisotopic (exact) mass is 431 g/mol. The van der Waals surface area contributed by atoms with E-state index in [1.807, 2.05) is 24.3 Å². The number of nitrogens with one attached hydrogen (secondary N) is 2. The molecule has 0 saturated heterocycles. The van der Waals surface area contributed by atoms with Crippen LogP contribution in [0.25, 0.3) is 11.4 Å². The van der Waals surface area contributed by atoms with E-state index in [-0.39, 0.29) is 11.9 Å². The van der Waals surface area contributed by atoms with Crippen LogP contribution in [0, 0.1) is 5.92 Å². The second-order valence-electron chi connectivity index (χ2n) is 7.56. The van der Waals surface area contributed by atoms with Crippen molar-refractivity contribution in [2.75, 3.05) is 14.2 Å². The molecule has 8 nitrogen and oxygen atoms in total. The predicted molar refractivity (Wildman–Crippen MR) is 117 cm³/mol. The topological polar surface area (TPSA) is 98.1 Å². The minimum Gasteiger partial charge on any atom is -0.497 e. The van der Waals surface area contributed by atoms with Gasteiger partial charge in [-0.15, -0.1) is 10.2 Å². The molecule has 1 aliphatic carbocycles. The number of nitrogens with zero attached hydrogens (tertiary/aromatic N) is 3. The second-order valence-corrected chi connectivity index (χ2v) is 8.87. The molecule has 9 heteroatoms. The van der Waals surface area contributed by atoms with Gasteiger partial charge in [-0.1, -0.05) is 31.5 Å². The van der Waals surface area contributed by atoms with Crippen LogP contribution >= 0.6 is 11.8 Å². The van der Waals surface area contributed by atoms with Crippen molar-refractivity contribution in [1.82, 2.24) is 25.4 Å². The number of hydrogen-bond acceptors (Lipinski definition) is 6. The van der Waals surface area contributed by atoms with Crippen LogP contribution in [0.15, 0.2) is 29.4 Å². The highest BCUT2D eigenvalue weighted by Crippen LogP contribution is 2.39. The van der Waals surface area contributed by atoms with Gasteiger partial charge in [-0.3, -0.25) is 14.7 Å². The standard InChI is InChI=1S/C21H29N5O3S/c1-13-7-5-6-8-17(13)26-18(15-9-11-16(29-4)12-10-15)24-25-21(26)30-14(2)19(27)23-20(28)22-3/h9-14,17H,5-8H2,1-4H3,(H2,22,23,27,28)/t13-,14-,17-/m0/s1. The summed E-state index contributed by atoms with van der Waals surface area (Å²) in [6.07, 6.45) is 4.59. The molecule has 0 radical (unpaired) electrons. The number of imide groups is 1. The lowest BCUT2D eigenvalue weighted by Crippen LogP contribution is -2.41. The Kier molecular flexibility index (Phi) is 7.36. The van der Waals surface area contributed by atoms with E-state index in [0.29, 0.717) is 11.1 Å². The van der Waals surface area contributed by atoms with Crippen LogP contribution in [-0.2, 0) is 4.79 Å². The van der Waals surface area contributed by atoms with Crippen LogP contribution in [0.5, 0.6) is 5.75 Å². The summed E-state index contributed by atoms with van der Waals surface area (Å²) < 4.78 is 7.45. The lowest BCUT2D eigenvalue weighted by Gasteiger charge is -2.31. The van der Waals surface area contributed by atoms with Gasteiger partial charge in [-0.2, -0.15) is 0 Å². The Hall–Kier alpha value is -2.55. The molecule has 0 unspecified atom stereocenters. The van der Waals surface area contributed by atoms with Gasteiger partial charge in [0.05, 0.1) is 12.4 Å². The molecule has 30 heavy (non-hydrogen) atoms. The summed E-state index contributed by atoms with van der Waals surface area (Å²) in [5, 5.41) is 13.8. The molecule has 1 fully saturated rings. The zero-order valence-electron chi connectivity index (χ0n) is 17.8. The molecule has 3 amide bonds. The van der Waals surface area contributed by atoms with Gasteiger partial charge in [0.1, 0.15) is 5.75 Å². The molecule has 1 aromatic heterocycles. The fourth-order valence-electron chi connectivity index (χ4n) is 3.76. The molecular weight excluding hydrogens is 402 g/mol.